The average Bonchev–Trinajstić information content (AvgIpc) is 2.78. The van der Waals surface area contributed by atoms with Crippen LogP contribution in [0.3, 0.4) is 0 Å². The fraction of sp³-hybridized carbons (Fsp3) is 0.714. The van der Waals surface area contributed by atoms with Crippen molar-refractivity contribution in [3.05, 3.63) is 18.0 Å². The van der Waals surface area contributed by atoms with Crippen LogP contribution in [-0.4, -0.2) is 66.2 Å². The number of rotatable bonds is 6. The smallest absolute Gasteiger partial charge is 0.410 e. The van der Waals surface area contributed by atoms with Gasteiger partial charge in [0.15, 0.2) is 0 Å². The number of nitrogens with zero attached hydrogens (tertiary/aromatic N) is 4. The molecule has 0 bridgehead atoms. The maximum atomic E-state index is 12.7. The van der Waals surface area contributed by atoms with Crippen LogP contribution in [0.2, 0.25) is 0 Å². The quantitative estimate of drug-likeness (QED) is 0.785. The number of carbonyl (C=O) groups excluding carboxylic acids is 2. The van der Waals surface area contributed by atoms with Gasteiger partial charge < -0.3 is 15.0 Å². The summed E-state index contributed by atoms with van der Waals surface area (Å²) in [7, 11) is 1.36. The zero-order chi connectivity index (χ0) is 20.6. The van der Waals surface area contributed by atoms with Crippen LogP contribution >= 0.6 is 0 Å². The van der Waals surface area contributed by atoms with Gasteiger partial charge in [0, 0.05) is 38.6 Å². The van der Waals surface area contributed by atoms with Crippen LogP contribution in [0, 0.1) is 5.92 Å². The van der Waals surface area contributed by atoms with E-state index in [1.54, 1.807) is 4.90 Å². The second-order valence-corrected chi connectivity index (χ2v) is 7.99. The molecule has 2 aliphatic heterocycles. The van der Waals surface area contributed by atoms with Gasteiger partial charge in [0.25, 0.3) is 0 Å². The molecule has 8 heteroatoms. The lowest BCUT2D eigenvalue weighted by Crippen LogP contribution is -2.52. The maximum absolute atomic E-state index is 12.7. The standard InChI is InChI=1S/C21H33N5O3/c1-3-6-17-14-23-20(24-15-17)25-11-8-16(9-12-25)13-22-19(27)18-7-4-5-10-26(18)21(28)29-2/h14-16,18H,3-13H2,1-2H3,(H,22,27). The summed E-state index contributed by atoms with van der Waals surface area (Å²) in [6, 6.07) is -0.411. The van der Waals surface area contributed by atoms with Crippen LogP contribution in [0.15, 0.2) is 12.4 Å². The number of methoxy groups -OCH3 is 1. The number of nitrogens with one attached hydrogen (secondary N) is 1. The summed E-state index contributed by atoms with van der Waals surface area (Å²) in [4.78, 5) is 37.4. The van der Waals surface area contributed by atoms with E-state index in [2.05, 4.69) is 27.1 Å². The van der Waals surface area contributed by atoms with E-state index in [1.807, 2.05) is 12.4 Å². The molecule has 160 valence electrons. The first-order valence-corrected chi connectivity index (χ1v) is 10.8. The largest absolute Gasteiger partial charge is 0.453 e. The Hall–Kier alpha value is -2.38. The van der Waals surface area contributed by atoms with Crippen molar-refractivity contribution in [2.24, 2.45) is 5.92 Å². The van der Waals surface area contributed by atoms with E-state index in [-0.39, 0.29) is 5.91 Å². The molecule has 2 fully saturated rings. The number of carbonyl (C=O) groups is 2. The fourth-order valence-corrected chi connectivity index (χ4v) is 4.17. The van der Waals surface area contributed by atoms with Crippen molar-refractivity contribution in [2.75, 3.05) is 38.2 Å². The third kappa shape index (κ3) is 5.58. The predicted molar refractivity (Wildman–Crippen MR) is 111 cm³/mol. The number of likely N-dealkylation sites (tertiary alicyclic amines) is 1. The molecule has 1 aromatic heterocycles. The van der Waals surface area contributed by atoms with E-state index in [0.717, 1.165) is 57.6 Å². The van der Waals surface area contributed by atoms with Crippen molar-refractivity contribution in [1.82, 2.24) is 20.2 Å². The van der Waals surface area contributed by atoms with Gasteiger partial charge >= 0.3 is 6.09 Å². The number of anilines is 1. The van der Waals surface area contributed by atoms with E-state index in [0.29, 0.717) is 25.4 Å². The Labute approximate surface area is 173 Å². The lowest BCUT2D eigenvalue weighted by Gasteiger charge is -2.35. The zero-order valence-electron chi connectivity index (χ0n) is 17.6. The molecule has 29 heavy (non-hydrogen) atoms. The van der Waals surface area contributed by atoms with Gasteiger partial charge in [0.2, 0.25) is 11.9 Å². The summed E-state index contributed by atoms with van der Waals surface area (Å²) >= 11 is 0. The Morgan fingerprint density at radius 1 is 1.14 bits per heavy atom. The number of ether oxygens (including phenoxy) is 1. The minimum atomic E-state index is -0.414. The molecule has 1 atom stereocenters. The summed E-state index contributed by atoms with van der Waals surface area (Å²) < 4.78 is 4.83. The van der Waals surface area contributed by atoms with E-state index in [1.165, 1.54) is 12.7 Å². The van der Waals surface area contributed by atoms with Crippen LogP contribution in [-0.2, 0) is 16.0 Å². The van der Waals surface area contributed by atoms with Gasteiger partial charge in [-0.1, -0.05) is 13.3 Å². The molecule has 0 aliphatic carbocycles. The van der Waals surface area contributed by atoms with Gasteiger partial charge in [0.05, 0.1) is 7.11 Å². The van der Waals surface area contributed by atoms with Crippen molar-refractivity contribution in [1.29, 1.82) is 0 Å². The Balaban J connectivity index is 1.44. The van der Waals surface area contributed by atoms with Crippen molar-refractivity contribution < 1.29 is 14.3 Å². The highest BCUT2D eigenvalue weighted by molar-refractivity contribution is 5.85. The summed E-state index contributed by atoms with van der Waals surface area (Å²) in [6.45, 7) is 5.17. The number of aromatic nitrogens is 2. The monoisotopic (exact) mass is 403 g/mol. The first-order chi connectivity index (χ1) is 14.1. The molecule has 3 rings (SSSR count). The maximum Gasteiger partial charge on any atom is 0.410 e. The van der Waals surface area contributed by atoms with Crippen LogP contribution in [0.1, 0.15) is 51.0 Å². The number of aryl methyl sites for hydroxylation is 1. The van der Waals surface area contributed by atoms with Gasteiger partial charge in [-0.25, -0.2) is 14.8 Å². The van der Waals surface area contributed by atoms with Crippen LogP contribution in [0.4, 0.5) is 10.7 Å². The molecule has 0 aromatic carbocycles. The molecule has 0 radical (unpaired) electrons. The van der Waals surface area contributed by atoms with Gasteiger partial charge in [-0.2, -0.15) is 0 Å². The third-order valence-electron chi connectivity index (χ3n) is 5.91. The molecule has 2 saturated heterocycles. The van der Waals surface area contributed by atoms with E-state index in [9.17, 15) is 9.59 Å². The Bertz CT molecular complexity index is 673. The number of piperidine rings is 2. The molecule has 8 nitrogen and oxygen atoms in total. The summed E-state index contributed by atoms with van der Waals surface area (Å²) in [5, 5.41) is 3.07. The normalized spacial score (nSPS) is 20.4. The van der Waals surface area contributed by atoms with E-state index < -0.39 is 12.1 Å². The number of amides is 2. The summed E-state index contributed by atoms with van der Waals surface area (Å²) in [5.74, 6) is 1.17. The predicted octanol–water partition coefficient (Wildman–Crippen LogP) is 2.38. The van der Waals surface area contributed by atoms with Crippen molar-refractivity contribution >= 4 is 17.9 Å². The van der Waals surface area contributed by atoms with Crippen molar-refractivity contribution in [2.45, 2.75) is 57.9 Å². The summed E-state index contributed by atoms with van der Waals surface area (Å²) in [5.41, 5.74) is 1.18. The van der Waals surface area contributed by atoms with E-state index >= 15 is 0 Å². The second kappa shape index (κ2) is 10.4. The highest BCUT2D eigenvalue weighted by atomic mass is 16.5. The molecular formula is C21H33N5O3. The molecule has 1 aromatic rings. The van der Waals surface area contributed by atoms with Crippen molar-refractivity contribution in [3.8, 4) is 0 Å². The molecular weight excluding hydrogens is 370 g/mol. The SMILES string of the molecule is CCCc1cnc(N2CCC(CNC(=O)C3CCCCN3C(=O)OC)CC2)nc1. The minimum absolute atomic E-state index is 0.0626. The van der Waals surface area contributed by atoms with Gasteiger partial charge in [-0.15, -0.1) is 0 Å². The highest BCUT2D eigenvalue weighted by Crippen LogP contribution is 2.21. The number of hydrogen-bond donors (Lipinski definition) is 1. The minimum Gasteiger partial charge on any atom is -0.453 e. The van der Waals surface area contributed by atoms with Crippen molar-refractivity contribution in [3.63, 3.8) is 0 Å². The first kappa shape index (κ1) is 21.3. The highest BCUT2D eigenvalue weighted by Gasteiger charge is 2.33. The van der Waals surface area contributed by atoms with Gasteiger partial charge in [-0.3, -0.25) is 9.69 Å². The summed E-state index contributed by atoms with van der Waals surface area (Å²) in [6.07, 6.45) is 10.1. The lowest BCUT2D eigenvalue weighted by atomic mass is 9.96. The Morgan fingerprint density at radius 2 is 1.86 bits per heavy atom. The second-order valence-electron chi connectivity index (χ2n) is 7.99. The zero-order valence-corrected chi connectivity index (χ0v) is 17.6. The van der Waals surface area contributed by atoms with Crippen LogP contribution in [0.25, 0.3) is 0 Å². The Kier molecular flexibility index (Phi) is 7.66. The van der Waals surface area contributed by atoms with Gasteiger partial charge in [0.1, 0.15) is 6.04 Å². The van der Waals surface area contributed by atoms with Crippen LogP contribution in [0.5, 0.6) is 0 Å². The fourth-order valence-electron chi connectivity index (χ4n) is 4.17. The van der Waals surface area contributed by atoms with Crippen LogP contribution < -0.4 is 10.2 Å². The molecule has 2 amide bonds. The molecule has 0 saturated carbocycles. The molecule has 1 N–H and O–H groups in total. The first-order valence-electron chi connectivity index (χ1n) is 10.8. The molecule has 3 heterocycles. The molecule has 2 aliphatic rings. The lowest BCUT2D eigenvalue weighted by molar-refractivity contribution is -0.127. The average molecular weight is 404 g/mol. The third-order valence-corrected chi connectivity index (χ3v) is 5.91. The number of hydrogen-bond acceptors (Lipinski definition) is 6. The van der Waals surface area contributed by atoms with E-state index in [4.69, 9.17) is 4.74 Å². The van der Waals surface area contributed by atoms with Gasteiger partial charge in [-0.05, 0) is 50.0 Å². The molecule has 1 unspecified atom stereocenters. The topological polar surface area (TPSA) is 87.7 Å². The Morgan fingerprint density at radius 3 is 2.52 bits per heavy atom. The molecule has 0 spiro atoms.